The summed E-state index contributed by atoms with van der Waals surface area (Å²) >= 11 is 6.38. The first-order valence-corrected chi connectivity index (χ1v) is 8.57. The Balaban J connectivity index is 1.50. The summed E-state index contributed by atoms with van der Waals surface area (Å²) < 4.78 is 12.8. The van der Waals surface area contributed by atoms with E-state index in [2.05, 4.69) is 10.00 Å². The maximum absolute atomic E-state index is 9.97. The van der Waals surface area contributed by atoms with E-state index >= 15 is 0 Å². The fourth-order valence-electron chi connectivity index (χ4n) is 3.17. The molecule has 0 amide bonds. The van der Waals surface area contributed by atoms with Gasteiger partial charge in [0.05, 0.1) is 24.0 Å². The van der Waals surface area contributed by atoms with Crippen LogP contribution < -0.4 is 9.47 Å². The smallest absolute Gasteiger partial charge is 0.231 e. The number of hydrogen-bond donors (Lipinski definition) is 1. The third kappa shape index (κ3) is 2.85. The third-order valence-electron chi connectivity index (χ3n) is 4.56. The van der Waals surface area contributed by atoms with E-state index in [9.17, 15) is 5.11 Å². The highest BCUT2D eigenvalue weighted by atomic mass is 35.5. The lowest BCUT2D eigenvalue weighted by atomic mass is 10.1. The van der Waals surface area contributed by atoms with Crippen molar-refractivity contribution in [1.29, 1.82) is 0 Å². The van der Waals surface area contributed by atoms with Gasteiger partial charge >= 0.3 is 0 Å². The highest BCUT2D eigenvalue weighted by molar-refractivity contribution is 6.31. The second-order valence-electron chi connectivity index (χ2n) is 6.22. The SMILES string of the molecule is CC[C@H](O)c1cc2n(n1)CCN(Cc1cc3c(cc1Cl)OCO3)C2. The van der Waals surface area contributed by atoms with Crippen LogP contribution in [0, 0.1) is 0 Å². The minimum absolute atomic E-state index is 0.251. The van der Waals surface area contributed by atoms with Gasteiger partial charge in [-0.05, 0) is 24.1 Å². The van der Waals surface area contributed by atoms with Crippen LogP contribution in [-0.2, 0) is 19.6 Å². The van der Waals surface area contributed by atoms with Crippen molar-refractivity contribution in [2.75, 3.05) is 13.3 Å². The van der Waals surface area contributed by atoms with Crippen molar-refractivity contribution in [3.05, 3.63) is 40.2 Å². The molecule has 6 nitrogen and oxygen atoms in total. The monoisotopic (exact) mass is 349 g/mol. The molecular weight excluding hydrogens is 330 g/mol. The molecule has 128 valence electrons. The Bertz CT molecular complexity index is 762. The number of nitrogens with zero attached hydrogens (tertiary/aromatic N) is 3. The van der Waals surface area contributed by atoms with E-state index in [1.807, 2.05) is 29.8 Å². The minimum atomic E-state index is -0.486. The molecule has 2 aliphatic rings. The molecule has 0 fully saturated rings. The van der Waals surface area contributed by atoms with E-state index in [1.54, 1.807) is 0 Å². The molecule has 3 heterocycles. The lowest BCUT2D eigenvalue weighted by molar-refractivity contribution is 0.166. The molecule has 0 radical (unpaired) electrons. The fourth-order valence-corrected chi connectivity index (χ4v) is 3.38. The predicted octanol–water partition coefficient (Wildman–Crippen LogP) is 2.72. The van der Waals surface area contributed by atoms with E-state index in [4.69, 9.17) is 21.1 Å². The number of aliphatic hydroxyl groups excluding tert-OH is 1. The van der Waals surface area contributed by atoms with Gasteiger partial charge in [0.2, 0.25) is 6.79 Å². The molecule has 0 saturated carbocycles. The Morgan fingerprint density at radius 2 is 2.04 bits per heavy atom. The largest absolute Gasteiger partial charge is 0.454 e. The van der Waals surface area contributed by atoms with Gasteiger partial charge in [-0.3, -0.25) is 9.58 Å². The molecule has 0 bridgehead atoms. The first-order chi connectivity index (χ1) is 11.6. The van der Waals surface area contributed by atoms with Crippen LogP contribution >= 0.6 is 11.6 Å². The zero-order valence-corrected chi connectivity index (χ0v) is 14.3. The second-order valence-corrected chi connectivity index (χ2v) is 6.62. The summed E-state index contributed by atoms with van der Waals surface area (Å²) in [6.45, 7) is 5.44. The van der Waals surface area contributed by atoms with Crippen molar-refractivity contribution in [3.63, 3.8) is 0 Å². The number of fused-ring (bicyclic) bond motifs is 2. The van der Waals surface area contributed by atoms with Crippen LogP contribution in [0.4, 0.5) is 0 Å². The molecular formula is C17H20ClN3O3. The van der Waals surface area contributed by atoms with Crippen LogP contribution in [0.1, 0.15) is 36.4 Å². The van der Waals surface area contributed by atoms with Gasteiger partial charge in [0.25, 0.3) is 0 Å². The third-order valence-corrected chi connectivity index (χ3v) is 4.91. The van der Waals surface area contributed by atoms with Gasteiger partial charge in [0.1, 0.15) is 0 Å². The molecule has 1 aromatic heterocycles. The van der Waals surface area contributed by atoms with Crippen molar-refractivity contribution < 1.29 is 14.6 Å². The van der Waals surface area contributed by atoms with E-state index in [-0.39, 0.29) is 6.79 Å². The number of aliphatic hydroxyl groups is 1. The molecule has 0 saturated heterocycles. The number of hydrogen-bond acceptors (Lipinski definition) is 5. The lowest BCUT2D eigenvalue weighted by Gasteiger charge is -2.27. The Morgan fingerprint density at radius 3 is 2.83 bits per heavy atom. The van der Waals surface area contributed by atoms with Crippen molar-refractivity contribution in [3.8, 4) is 11.5 Å². The standard InChI is InChI=1S/C17H20ClN3O3/c1-2-15(22)14-6-12-9-20(3-4-21(12)19-14)8-11-5-16-17(7-13(11)18)24-10-23-16/h5-7,15,22H,2-4,8-10H2,1H3/t15-/m0/s1. The van der Waals surface area contributed by atoms with Crippen LogP contribution in [0.5, 0.6) is 11.5 Å². The highest BCUT2D eigenvalue weighted by Gasteiger charge is 2.23. The summed E-state index contributed by atoms with van der Waals surface area (Å²) in [6, 6.07) is 5.79. The first-order valence-electron chi connectivity index (χ1n) is 8.19. The Kier molecular flexibility index (Phi) is 4.12. The molecule has 0 aliphatic carbocycles. The Hall–Kier alpha value is -1.76. The van der Waals surface area contributed by atoms with Crippen LogP contribution in [-0.4, -0.2) is 33.1 Å². The number of halogens is 1. The topological polar surface area (TPSA) is 59.8 Å². The molecule has 0 unspecified atom stereocenters. The predicted molar refractivity (Wildman–Crippen MR) is 89.2 cm³/mol. The highest BCUT2D eigenvalue weighted by Crippen LogP contribution is 2.37. The normalized spacial score (nSPS) is 17.8. The van der Waals surface area contributed by atoms with Gasteiger partial charge in [-0.25, -0.2) is 0 Å². The van der Waals surface area contributed by atoms with E-state index < -0.39 is 6.10 Å². The minimum Gasteiger partial charge on any atom is -0.454 e. The van der Waals surface area contributed by atoms with E-state index in [0.29, 0.717) is 17.2 Å². The summed E-state index contributed by atoms with van der Waals surface area (Å²) in [4.78, 5) is 2.32. The number of benzene rings is 1. The van der Waals surface area contributed by atoms with Crippen molar-refractivity contribution in [2.45, 2.75) is 39.1 Å². The van der Waals surface area contributed by atoms with Crippen LogP contribution in [0.2, 0.25) is 5.02 Å². The summed E-state index contributed by atoms with van der Waals surface area (Å²) in [6.07, 6.45) is 0.187. The lowest BCUT2D eigenvalue weighted by Crippen LogP contribution is -2.33. The zero-order chi connectivity index (χ0) is 16.7. The second kappa shape index (κ2) is 6.27. The van der Waals surface area contributed by atoms with Crippen molar-refractivity contribution in [2.24, 2.45) is 0 Å². The number of ether oxygens (including phenoxy) is 2. The van der Waals surface area contributed by atoms with Gasteiger partial charge in [-0.2, -0.15) is 5.10 Å². The average molecular weight is 350 g/mol. The van der Waals surface area contributed by atoms with Crippen LogP contribution in [0.25, 0.3) is 0 Å². The summed E-state index contributed by atoms with van der Waals surface area (Å²) in [5, 5.41) is 15.2. The molecule has 2 aromatic rings. The molecule has 4 rings (SSSR count). The fraction of sp³-hybridized carbons (Fsp3) is 0.471. The average Bonchev–Trinajstić information content (AvgIpc) is 3.20. The summed E-state index contributed by atoms with van der Waals surface area (Å²) in [7, 11) is 0. The van der Waals surface area contributed by atoms with Gasteiger partial charge in [0, 0.05) is 30.7 Å². The van der Waals surface area contributed by atoms with Crippen LogP contribution in [0.15, 0.2) is 18.2 Å². The molecule has 1 N–H and O–H groups in total. The van der Waals surface area contributed by atoms with Crippen molar-refractivity contribution in [1.82, 2.24) is 14.7 Å². The Morgan fingerprint density at radius 1 is 1.25 bits per heavy atom. The van der Waals surface area contributed by atoms with E-state index in [1.165, 1.54) is 0 Å². The molecule has 1 aromatic carbocycles. The molecule has 0 spiro atoms. The van der Waals surface area contributed by atoms with Gasteiger partial charge in [-0.1, -0.05) is 18.5 Å². The summed E-state index contributed by atoms with van der Waals surface area (Å²) in [5.74, 6) is 1.46. The van der Waals surface area contributed by atoms with Gasteiger partial charge in [-0.15, -0.1) is 0 Å². The molecule has 24 heavy (non-hydrogen) atoms. The maximum atomic E-state index is 9.97. The van der Waals surface area contributed by atoms with Crippen molar-refractivity contribution >= 4 is 11.6 Å². The molecule has 7 heteroatoms. The van der Waals surface area contributed by atoms with Gasteiger partial charge < -0.3 is 14.6 Å². The number of rotatable bonds is 4. The maximum Gasteiger partial charge on any atom is 0.231 e. The number of aromatic nitrogens is 2. The van der Waals surface area contributed by atoms with E-state index in [0.717, 1.165) is 48.9 Å². The molecule has 1 atom stereocenters. The molecule has 2 aliphatic heterocycles. The quantitative estimate of drug-likeness (QED) is 0.919. The Labute approximate surface area is 145 Å². The first kappa shape index (κ1) is 15.7. The van der Waals surface area contributed by atoms with Gasteiger partial charge in [0.15, 0.2) is 11.5 Å². The summed E-state index contributed by atoms with van der Waals surface area (Å²) in [5.41, 5.74) is 2.92. The zero-order valence-electron chi connectivity index (χ0n) is 13.5. The van der Waals surface area contributed by atoms with Crippen LogP contribution in [0.3, 0.4) is 0 Å².